The highest BCUT2D eigenvalue weighted by molar-refractivity contribution is 6.30. The van der Waals surface area contributed by atoms with Gasteiger partial charge in [-0.3, -0.25) is 0 Å². The Morgan fingerprint density at radius 1 is 1.27 bits per heavy atom. The van der Waals surface area contributed by atoms with Crippen LogP contribution in [0.4, 0.5) is 0 Å². The fraction of sp³-hybridized carbons (Fsp3) is 0.200. The van der Waals surface area contributed by atoms with E-state index in [0.717, 1.165) is 17.1 Å². The highest BCUT2D eigenvalue weighted by Crippen LogP contribution is 2.28. The van der Waals surface area contributed by atoms with Crippen LogP contribution in [0.3, 0.4) is 0 Å². The molecule has 112 valence electrons. The number of methoxy groups -OCH3 is 1. The minimum atomic E-state index is 0.459. The first-order chi connectivity index (χ1) is 10.7. The van der Waals surface area contributed by atoms with Gasteiger partial charge in [-0.05, 0) is 19.1 Å². The van der Waals surface area contributed by atoms with Crippen molar-refractivity contribution in [2.75, 3.05) is 7.11 Å². The fourth-order valence-electron chi connectivity index (χ4n) is 2.09. The van der Waals surface area contributed by atoms with E-state index >= 15 is 0 Å². The van der Waals surface area contributed by atoms with Gasteiger partial charge in [0.1, 0.15) is 17.8 Å². The second kappa shape index (κ2) is 6.11. The third kappa shape index (κ3) is 3.07. The lowest BCUT2D eigenvalue weighted by Crippen LogP contribution is -2.05. The topological polar surface area (TPSA) is 65.7 Å². The van der Waals surface area contributed by atoms with E-state index in [1.165, 1.54) is 0 Å². The SMILES string of the molecule is COc1ncc(Cn2cnc(C)n2)nc1-c1cccc(Cl)c1. The van der Waals surface area contributed by atoms with Crippen LogP contribution in [0, 0.1) is 6.92 Å². The Kier molecular flexibility index (Phi) is 4.02. The van der Waals surface area contributed by atoms with Gasteiger partial charge >= 0.3 is 0 Å². The smallest absolute Gasteiger partial charge is 0.240 e. The summed E-state index contributed by atoms with van der Waals surface area (Å²) in [6, 6.07) is 7.43. The Hall–Kier alpha value is -2.47. The fourth-order valence-corrected chi connectivity index (χ4v) is 2.28. The Balaban J connectivity index is 1.99. The molecule has 3 rings (SSSR count). The number of aryl methyl sites for hydroxylation is 1. The molecule has 3 aromatic rings. The van der Waals surface area contributed by atoms with Crippen LogP contribution in [0.15, 0.2) is 36.8 Å². The summed E-state index contributed by atoms with van der Waals surface area (Å²) in [5.74, 6) is 1.18. The number of aromatic nitrogens is 5. The van der Waals surface area contributed by atoms with Gasteiger partial charge in [0.25, 0.3) is 0 Å². The molecule has 1 aromatic carbocycles. The third-order valence-electron chi connectivity index (χ3n) is 3.06. The maximum atomic E-state index is 6.05. The molecule has 2 aromatic heterocycles. The Bertz CT molecular complexity index is 802. The van der Waals surface area contributed by atoms with Gasteiger partial charge in [-0.2, -0.15) is 5.10 Å². The summed E-state index contributed by atoms with van der Waals surface area (Å²) in [6.45, 7) is 2.33. The van der Waals surface area contributed by atoms with Crippen LogP contribution < -0.4 is 4.74 Å². The van der Waals surface area contributed by atoms with E-state index in [1.54, 1.807) is 24.3 Å². The van der Waals surface area contributed by atoms with Gasteiger partial charge in [-0.15, -0.1) is 0 Å². The lowest BCUT2D eigenvalue weighted by atomic mass is 10.1. The molecule has 0 spiro atoms. The molecule has 22 heavy (non-hydrogen) atoms. The molecule has 2 heterocycles. The van der Waals surface area contributed by atoms with Crippen molar-refractivity contribution >= 4 is 11.6 Å². The lowest BCUT2D eigenvalue weighted by molar-refractivity contribution is 0.397. The zero-order valence-electron chi connectivity index (χ0n) is 12.2. The summed E-state index contributed by atoms with van der Waals surface area (Å²) in [5.41, 5.74) is 2.27. The Morgan fingerprint density at radius 2 is 2.14 bits per heavy atom. The van der Waals surface area contributed by atoms with Crippen LogP contribution in [-0.4, -0.2) is 31.8 Å². The van der Waals surface area contributed by atoms with Gasteiger partial charge in [-0.1, -0.05) is 23.7 Å². The molecule has 0 bridgehead atoms. The van der Waals surface area contributed by atoms with Crippen molar-refractivity contribution in [2.24, 2.45) is 0 Å². The average molecular weight is 316 g/mol. The third-order valence-corrected chi connectivity index (χ3v) is 3.29. The van der Waals surface area contributed by atoms with Crippen LogP contribution >= 0.6 is 11.6 Å². The second-order valence-corrected chi connectivity index (χ2v) is 5.16. The Labute approximate surface area is 132 Å². The zero-order valence-corrected chi connectivity index (χ0v) is 12.9. The molecule has 0 N–H and O–H groups in total. The minimum Gasteiger partial charge on any atom is -0.479 e. The molecule has 0 atom stereocenters. The highest BCUT2D eigenvalue weighted by atomic mass is 35.5. The van der Waals surface area contributed by atoms with Crippen molar-refractivity contribution in [3.05, 3.63) is 53.3 Å². The first-order valence-corrected chi connectivity index (χ1v) is 7.05. The van der Waals surface area contributed by atoms with Gasteiger partial charge in [0.05, 0.1) is 25.5 Å². The number of ether oxygens (including phenoxy) is 1. The van der Waals surface area contributed by atoms with Crippen molar-refractivity contribution in [3.63, 3.8) is 0 Å². The molecule has 0 aliphatic heterocycles. The van der Waals surface area contributed by atoms with E-state index in [0.29, 0.717) is 23.1 Å². The first-order valence-electron chi connectivity index (χ1n) is 6.67. The van der Waals surface area contributed by atoms with Crippen molar-refractivity contribution in [1.82, 2.24) is 24.7 Å². The van der Waals surface area contributed by atoms with E-state index in [1.807, 2.05) is 31.2 Å². The van der Waals surface area contributed by atoms with Gasteiger partial charge in [0, 0.05) is 10.6 Å². The van der Waals surface area contributed by atoms with Crippen LogP contribution in [0.25, 0.3) is 11.3 Å². The lowest BCUT2D eigenvalue weighted by Gasteiger charge is -2.09. The molecule has 0 saturated heterocycles. The van der Waals surface area contributed by atoms with E-state index in [2.05, 4.69) is 20.1 Å². The molecule has 0 unspecified atom stereocenters. The largest absolute Gasteiger partial charge is 0.479 e. The molecular weight excluding hydrogens is 302 g/mol. The number of rotatable bonds is 4. The maximum absolute atomic E-state index is 6.05. The van der Waals surface area contributed by atoms with Crippen molar-refractivity contribution in [2.45, 2.75) is 13.5 Å². The molecule has 0 aliphatic carbocycles. The summed E-state index contributed by atoms with van der Waals surface area (Å²) in [4.78, 5) is 13.0. The summed E-state index contributed by atoms with van der Waals surface area (Å²) < 4.78 is 7.01. The van der Waals surface area contributed by atoms with Gasteiger partial charge in [-0.25, -0.2) is 19.6 Å². The monoisotopic (exact) mass is 315 g/mol. The van der Waals surface area contributed by atoms with Crippen molar-refractivity contribution < 1.29 is 4.74 Å². The van der Waals surface area contributed by atoms with Gasteiger partial charge < -0.3 is 4.74 Å². The number of nitrogens with zero attached hydrogens (tertiary/aromatic N) is 5. The van der Waals surface area contributed by atoms with Crippen LogP contribution in [0.2, 0.25) is 5.02 Å². The number of benzene rings is 1. The molecule has 0 saturated carbocycles. The maximum Gasteiger partial charge on any atom is 0.240 e. The van der Waals surface area contributed by atoms with E-state index < -0.39 is 0 Å². The summed E-state index contributed by atoms with van der Waals surface area (Å²) in [7, 11) is 1.57. The summed E-state index contributed by atoms with van der Waals surface area (Å²) >= 11 is 6.05. The van der Waals surface area contributed by atoms with Crippen molar-refractivity contribution in [1.29, 1.82) is 0 Å². The van der Waals surface area contributed by atoms with E-state index in [9.17, 15) is 0 Å². The average Bonchev–Trinajstić information content (AvgIpc) is 2.92. The summed E-state index contributed by atoms with van der Waals surface area (Å²) in [5, 5.41) is 4.89. The minimum absolute atomic E-state index is 0.459. The molecule has 0 aliphatic rings. The van der Waals surface area contributed by atoms with Gasteiger partial charge in [0.2, 0.25) is 5.88 Å². The first kappa shape index (κ1) is 14.5. The zero-order chi connectivity index (χ0) is 15.5. The molecule has 0 radical (unpaired) electrons. The standard InChI is InChI=1S/C15H14ClN5O/c1-10-18-9-21(20-10)8-13-7-17-15(22-2)14(19-13)11-4-3-5-12(16)6-11/h3-7,9H,8H2,1-2H3. The number of halogens is 1. The van der Waals surface area contributed by atoms with E-state index in [4.69, 9.17) is 16.3 Å². The number of hydrogen-bond acceptors (Lipinski definition) is 5. The molecule has 0 fully saturated rings. The molecule has 0 amide bonds. The number of hydrogen-bond donors (Lipinski definition) is 0. The molecule has 7 heteroatoms. The van der Waals surface area contributed by atoms with Gasteiger partial charge in [0.15, 0.2) is 0 Å². The highest BCUT2D eigenvalue weighted by Gasteiger charge is 2.12. The predicted octanol–water partition coefficient (Wildman–Crippen LogP) is 2.75. The van der Waals surface area contributed by atoms with Crippen LogP contribution in [-0.2, 0) is 6.54 Å². The Morgan fingerprint density at radius 3 is 2.82 bits per heavy atom. The van der Waals surface area contributed by atoms with Crippen LogP contribution in [0.5, 0.6) is 5.88 Å². The molecular formula is C15H14ClN5O. The quantitative estimate of drug-likeness (QED) is 0.740. The predicted molar refractivity (Wildman–Crippen MR) is 82.9 cm³/mol. The van der Waals surface area contributed by atoms with E-state index in [-0.39, 0.29) is 0 Å². The van der Waals surface area contributed by atoms with Crippen LogP contribution in [0.1, 0.15) is 11.5 Å². The second-order valence-electron chi connectivity index (χ2n) is 4.72. The summed E-state index contributed by atoms with van der Waals surface area (Å²) in [6.07, 6.45) is 3.34. The molecule has 6 nitrogen and oxygen atoms in total. The van der Waals surface area contributed by atoms with Crippen molar-refractivity contribution in [3.8, 4) is 17.1 Å². The normalized spacial score (nSPS) is 10.7.